The van der Waals surface area contributed by atoms with E-state index in [-0.39, 0.29) is 19.3 Å². The lowest BCUT2D eigenvalue weighted by Crippen LogP contribution is -2.57. The molecule has 2 saturated heterocycles. The molecule has 0 amide bonds. The minimum absolute atomic E-state index is 0.00452. The lowest BCUT2D eigenvalue weighted by molar-refractivity contribution is -0.228. The van der Waals surface area contributed by atoms with Gasteiger partial charge in [0.1, 0.15) is 11.4 Å². The van der Waals surface area contributed by atoms with Crippen LogP contribution < -0.4 is 5.84 Å². The number of ether oxygens (including phenoxy) is 2. The summed E-state index contributed by atoms with van der Waals surface area (Å²) in [6.45, 7) is 15.9. The minimum Gasteiger partial charge on any atom is -0.394 e. The summed E-state index contributed by atoms with van der Waals surface area (Å²) in [5, 5.41) is 13.0. The third-order valence-corrected chi connectivity index (χ3v) is 6.96. The van der Waals surface area contributed by atoms with Crippen molar-refractivity contribution in [2.75, 3.05) is 19.8 Å². The van der Waals surface area contributed by atoms with Gasteiger partial charge in [0.2, 0.25) is 0 Å². The van der Waals surface area contributed by atoms with Crippen molar-refractivity contribution >= 4 is 0 Å². The quantitative estimate of drug-likeness (QED) is 0.349. The van der Waals surface area contributed by atoms with Crippen LogP contribution in [0.2, 0.25) is 0 Å². The van der Waals surface area contributed by atoms with Crippen molar-refractivity contribution in [3.63, 3.8) is 0 Å². The molecule has 0 saturated carbocycles. The van der Waals surface area contributed by atoms with Crippen LogP contribution in [-0.2, 0) is 14.3 Å². The average molecular weight is 402 g/mol. The molecule has 5 unspecified atom stereocenters. The number of hydrazine groups is 1. The number of fused-ring (bicyclic) bond motifs is 1. The van der Waals surface area contributed by atoms with E-state index in [2.05, 4.69) is 32.8 Å². The van der Waals surface area contributed by atoms with E-state index < -0.39 is 17.2 Å². The molecule has 0 aromatic rings. The molecule has 7 nitrogen and oxygen atoms in total. The summed E-state index contributed by atoms with van der Waals surface area (Å²) in [6, 6.07) is 0.191. The summed E-state index contributed by atoms with van der Waals surface area (Å²) in [5.74, 6) is 6.75. The second kappa shape index (κ2) is 9.25. The fourth-order valence-electron chi connectivity index (χ4n) is 4.70. The van der Waals surface area contributed by atoms with Gasteiger partial charge in [-0.15, -0.1) is 0 Å². The fourth-order valence-corrected chi connectivity index (χ4v) is 4.70. The van der Waals surface area contributed by atoms with Gasteiger partial charge in [-0.3, -0.25) is 10.7 Å². The first-order chi connectivity index (χ1) is 13.0. The van der Waals surface area contributed by atoms with Gasteiger partial charge in [-0.2, -0.15) is 5.06 Å². The molecule has 0 radical (unpaired) electrons. The van der Waals surface area contributed by atoms with Gasteiger partial charge in [-0.05, 0) is 59.3 Å². The summed E-state index contributed by atoms with van der Waals surface area (Å²) in [7, 11) is 0. The molecule has 28 heavy (non-hydrogen) atoms. The molecule has 166 valence electrons. The second-order valence-electron chi connectivity index (χ2n) is 9.25. The zero-order chi connectivity index (χ0) is 21.2. The zero-order valence-electron chi connectivity index (χ0n) is 19.0. The topological polar surface area (TPSA) is 80.4 Å². The first-order valence-corrected chi connectivity index (χ1v) is 11.0. The SMILES string of the molecule is CCC(CC1CCCN2OC(C)(CC)OC2(C)C1C)N(N)C(C)(C)OCCO. The third-order valence-electron chi connectivity index (χ3n) is 6.96. The monoisotopic (exact) mass is 401 g/mol. The highest BCUT2D eigenvalue weighted by Gasteiger charge is 2.55. The lowest BCUT2D eigenvalue weighted by Gasteiger charge is -2.43. The molecule has 0 spiro atoms. The molecular formula is C21H43N3O4. The molecule has 0 bridgehead atoms. The van der Waals surface area contributed by atoms with Crippen molar-refractivity contribution < 1.29 is 19.4 Å². The molecule has 5 atom stereocenters. The van der Waals surface area contributed by atoms with Gasteiger partial charge in [0.15, 0.2) is 5.79 Å². The van der Waals surface area contributed by atoms with Crippen molar-refractivity contribution in [2.45, 2.75) is 104 Å². The summed E-state index contributed by atoms with van der Waals surface area (Å²) in [6.07, 6.45) is 4.96. The number of nitrogens with two attached hydrogens (primary N) is 1. The summed E-state index contributed by atoms with van der Waals surface area (Å²) in [5.41, 5.74) is -1.05. The van der Waals surface area contributed by atoms with Crippen molar-refractivity contribution in [1.29, 1.82) is 0 Å². The Hall–Kier alpha value is -0.280. The highest BCUT2D eigenvalue weighted by molar-refractivity contribution is 4.93. The molecule has 0 aromatic heterocycles. The average Bonchev–Trinajstić information content (AvgIpc) is 2.88. The molecule has 7 heteroatoms. The largest absolute Gasteiger partial charge is 0.394 e. The van der Waals surface area contributed by atoms with E-state index in [4.69, 9.17) is 25.3 Å². The van der Waals surface area contributed by atoms with Crippen molar-refractivity contribution in [3.05, 3.63) is 0 Å². The number of hydrogen-bond donors (Lipinski definition) is 2. The molecule has 2 rings (SSSR count). The second-order valence-corrected chi connectivity index (χ2v) is 9.25. The van der Waals surface area contributed by atoms with E-state index in [0.717, 1.165) is 38.6 Å². The lowest BCUT2D eigenvalue weighted by atomic mass is 9.79. The van der Waals surface area contributed by atoms with Crippen LogP contribution in [-0.4, -0.2) is 58.2 Å². The highest BCUT2D eigenvalue weighted by Crippen LogP contribution is 2.48. The van der Waals surface area contributed by atoms with Crippen LogP contribution in [0.25, 0.3) is 0 Å². The molecule has 3 N–H and O–H groups in total. The van der Waals surface area contributed by atoms with E-state index in [1.807, 2.05) is 25.8 Å². The number of nitrogens with zero attached hydrogens (tertiary/aromatic N) is 2. The summed E-state index contributed by atoms with van der Waals surface area (Å²) >= 11 is 0. The zero-order valence-corrected chi connectivity index (χ0v) is 19.0. The standard InChI is InChI=1S/C21H43N3O4/c1-8-18(24(22)19(4,5)26-14-13-25)15-17-11-10-12-23-21(7,16(17)3)27-20(6,9-2)28-23/h16-18,25H,8-15,22H2,1-7H3. The molecule has 2 heterocycles. The minimum atomic E-state index is -0.624. The van der Waals surface area contributed by atoms with Gasteiger partial charge >= 0.3 is 0 Å². The van der Waals surface area contributed by atoms with Crippen LogP contribution in [0.3, 0.4) is 0 Å². The third kappa shape index (κ3) is 4.89. The van der Waals surface area contributed by atoms with Gasteiger partial charge in [0.05, 0.1) is 13.2 Å². The van der Waals surface area contributed by atoms with Gasteiger partial charge in [0, 0.05) is 24.9 Å². The van der Waals surface area contributed by atoms with Crippen LogP contribution in [0.5, 0.6) is 0 Å². The predicted octanol–water partition coefficient (Wildman–Crippen LogP) is 3.23. The Morgan fingerprint density at radius 2 is 2.04 bits per heavy atom. The Kier molecular flexibility index (Phi) is 7.92. The van der Waals surface area contributed by atoms with E-state index in [0.29, 0.717) is 11.8 Å². The van der Waals surface area contributed by atoms with Crippen molar-refractivity contribution in [3.8, 4) is 0 Å². The van der Waals surface area contributed by atoms with Crippen LogP contribution in [0.15, 0.2) is 0 Å². The van der Waals surface area contributed by atoms with E-state index >= 15 is 0 Å². The number of hydrogen-bond acceptors (Lipinski definition) is 7. The molecule has 2 fully saturated rings. The predicted molar refractivity (Wildman–Crippen MR) is 110 cm³/mol. The Balaban J connectivity index is 2.13. The van der Waals surface area contributed by atoms with Crippen molar-refractivity contribution in [2.24, 2.45) is 17.7 Å². The van der Waals surface area contributed by atoms with Crippen molar-refractivity contribution in [1.82, 2.24) is 10.1 Å². The number of rotatable bonds is 9. The van der Waals surface area contributed by atoms with E-state index in [1.165, 1.54) is 0 Å². The fraction of sp³-hybridized carbons (Fsp3) is 1.00. The van der Waals surface area contributed by atoms with E-state index in [1.54, 1.807) is 0 Å². The molecular weight excluding hydrogens is 358 g/mol. The smallest absolute Gasteiger partial charge is 0.187 e. The molecule has 2 aliphatic rings. The summed E-state index contributed by atoms with van der Waals surface area (Å²) < 4.78 is 12.3. The van der Waals surface area contributed by atoms with Gasteiger partial charge in [0.25, 0.3) is 0 Å². The Bertz CT molecular complexity index is 506. The Labute approximate surface area is 171 Å². The van der Waals surface area contributed by atoms with Crippen LogP contribution in [0, 0.1) is 11.8 Å². The van der Waals surface area contributed by atoms with Gasteiger partial charge in [-0.1, -0.05) is 20.8 Å². The maximum Gasteiger partial charge on any atom is 0.187 e. The summed E-state index contributed by atoms with van der Waals surface area (Å²) in [4.78, 5) is 6.21. The molecule has 0 aromatic carbocycles. The van der Waals surface area contributed by atoms with Crippen LogP contribution in [0.1, 0.15) is 80.6 Å². The maximum absolute atomic E-state index is 9.10. The first kappa shape index (κ1) is 24.0. The normalized spacial score (nSPS) is 35.8. The molecule has 0 aliphatic carbocycles. The van der Waals surface area contributed by atoms with Gasteiger partial charge in [-0.25, -0.2) is 5.01 Å². The van der Waals surface area contributed by atoms with Crippen LogP contribution >= 0.6 is 0 Å². The van der Waals surface area contributed by atoms with Crippen LogP contribution in [0.4, 0.5) is 0 Å². The number of hydroxylamine groups is 2. The van der Waals surface area contributed by atoms with E-state index in [9.17, 15) is 0 Å². The Morgan fingerprint density at radius 3 is 2.61 bits per heavy atom. The van der Waals surface area contributed by atoms with Gasteiger partial charge < -0.3 is 14.6 Å². The molecule has 2 aliphatic heterocycles. The highest BCUT2D eigenvalue weighted by atomic mass is 16.9. The first-order valence-electron chi connectivity index (χ1n) is 11.0. The number of aliphatic hydroxyl groups is 1. The maximum atomic E-state index is 9.10. The number of aliphatic hydroxyl groups excluding tert-OH is 1. The Morgan fingerprint density at radius 1 is 1.36 bits per heavy atom.